The molecule has 140 valence electrons. The van der Waals surface area contributed by atoms with Crippen LogP contribution in [-0.4, -0.2) is 66.6 Å². The van der Waals surface area contributed by atoms with Crippen molar-refractivity contribution < 1.29 is 0 Å². The average molecular weight is 374 g/mol. The number of hydrogen-bond acceptors (Lipinski definition) is 6. The Bertz CT molecular complexity index is 651. The third-order valence-electron chi connectivity index (χ3n) is 4.27. The second-order valence-corrected chi connectivity index (χ2v) is 6.91. The molecule has 2 N–H and O–H groups in total. The molecule has 2 aromatic rings. The van der Waals surface area contributed by atoms with Crippen LogP contribution >= 0.6 is 11.3 Å². The van der Waals surface area contributed by atoms with E-state index in [9.17, 15) is 0 Å². The molecular weight excluding hydrogens is 346 g/mol. The molecule has 0 amide bonds. The van der Waals surface area contributed by atoms with Gasteiger partial charge in [-0.1, -0.05) is 0 Å². The molecule has 0 aromatic carbocycles. The minimum Gasteiger partial charge on any atom is -0.357 e. The maximum atomic E-state index is 4.65. The standard InChI is InChI=1S/C18H27N7S/c1-2-19-17(23-14-16-4-13-26-15-16)20-7-8-24-9-11-25(12-10-24)18-21-5-3-6-22-18/h3-6,13,15H,2,7-12,14H2,1H3,(H2,19,20,23). The third-order valence-corrected chi connectivity index (χ3v) is 5.00. The van der Waals surface area contributed by atoms with Gasteiger partial charge in [-0.25, -0.2) is 15.0 Å². The summed E-state index contributed by atoms with van der Waals surface area (Å²) in [7, 11) is 0. The van der Waals surface area contributed by atoms with Gasteiger partial charge in [-0.05, 0) is 35.4 Å². The third kappa shape index (κ3) is 5.67. The molecule has 0 atom stereocenters. The van der Waals surface area contributed by atoms with Gasteiger partial charge >= 0.3 is 0 Å². The lowest BCUT2D eigenvalue weighted by Gasteiger charge is -2.34. The van der Waals surface area contributed by atoms with Crippen LogP contribution in [-0.2, 0) is 6.54 Å². The van der Waals surface area contributed by atoms with Crippen LogP contribution < -0.4 is 15.5 Å². The molecule has 0 saturated carbocycles. The molecule has 3 heterocycles. The van der Waals surface area contributed by atoms with Crippen LogP contribution in [0.15, 0.2) is 40.3 Å². The number of thiophene rings is 1. The number of nitrogens with zero attached hydrogens (tertiary/aromatic N) is 5. The quantitative estimate of drug-likeness (QED) is 0.565. The number of rotatable bonds is 7. The van der Waals surface area contributed by atoms with Gasteiger partial charge in [-0.3, -0.25) is 4.90 Å². The maximum absolute atomic E-state index is 4.65. The molecule has 1 aliphatic heterocycles. The number of aromatic nitrogens is 2. The molecule has 2 aromatic heterocycles. The van der Waals surface area contributed by atoms with E-state index in [2.05, 4.69) is 59.1 Å². The smallest absolute Gasteiger partial charge is 0.225 e. The highest BCUT2D eigenvalue weighted by atomic mass is 32.1. The summed E-state index contributed by atoms with van der Waals surface area (Å²) in [5.74, 6) is 1.72. The van der Waals surface area contributed by atoms with Gasteiger partial charge in [0.25, 0.3) is 0 Å². The minimum absolute atomic E-state index is 0.717. The van der Waals surface area contributed by atoms with Crippen molar-refractivity contribution in [3.8, 4) is 0 Å². The highest BCUT2D eigenvalue weighted by Crippen LogP contribution is 2.09. The van der Waals surface area contributed by atoms with Gasteiger partial charge in [0, 0.05) is 58.2 Å². The number of piperazine rings is 1. The van der Waals surface area contributed by atoms with E-state index in [-0.39, 0.29) is 0 Å². The molecule has 0 spiro atoms. The Balaban J connectivity index is 1.39. The zero-order valence-electron chi connectivity index (χ0n) is 15.3. The fraction of sp³-hybridized carbons (Fsp3) is 0.500. The normalized spacial score (nSPS) is 15.9. The van der Waals surface area contributed by atoms with Crippen molar-refractivity contribution in [2.45, 2.75) is 13.5 Å². The topological polar surface area (TPSA) is 68.7 Å². The Hall–Kier alpha value is -2.19. The van der Waals surface area contributed by atoms with Crippen molar-refractivity contribution >= 4 is 23.2 Å². The van der Waals surface area contributed by atoms with Crippen molar-refractivity contribution in [3.05, 3.63) is 40.8 Å². The molecule has 1 aliphatic rings. The van der Waals surface area contributed by atoms with Crippen LogP contribution in [0.5, 0.6) is 0 Å². The molecule has 0 radical (unpaired) electrons. The van der Waals surface area contributed by atoms with Crippen molar-refractivity contribution in [1.29, 1.82) is 0 Å². The van der Waals surface area contributed by atoms with E-state index in [1.165, 1.54) is 5.56 Å². The summed E-state index contributed by atoms with van der Waals surface area (Å²) < 4.78 is 0. The highest BCUT2D eigenvalue weighted by molar-refractivity contribution is 7.07. The van der Waals surface area contributed by atoms with Crippen molar-refractivity contribution in [3.63, 3.8) is 0 Å². The second kappa shape index (κ2) is 10.1. The SMILES string of the molecule is CCNC(=NCc1ccsc1)NCCN1CCN(c2ncccn2)CC1. The number of anilines is 1. The predicted octanol–water partition coefficient (Wildman–Crippen LogP) is 1.42. The first-order valence-electron chi connectivity index (χ1n) is 9.12. The van der Waals surface area contributed by atoms with Gasteiger partial charge in [0.1, 0.15) is 0 Å². The van der Waals surface area contributed by atoms with E-state index in [4.69, 9.17) is 0 Å². The maximum Gasteiger partial charge on any atom is 0.225 e. The first-order valence-corrected chi connectivity index (χ1v) is 10.1. The Kier molecular flexibility index (Phi) is 7.21. The molecule has 1 saturated heterocycles. The molecular formula is C18H27N7S. The van der Waals surface area contributed by atoms with Crippen LogP contribution in [0.25, 0.3) is 0 Å². The second-order valence-electron chi connectivity index (χ2n) is 6.13. The van der Waals surface area contributed by atoms with Crippen molar-refractivity contribution in [1.82, 2.24) is 25.5 Å². The van der Waals surface area contributed by atoms with E-state index in [0.717, 1.165) is 57.7 Å². The molecule has 8 heteroatoms. The molecule has 26 heavy (non-hydrogen) atoms. The van der Waals surface area contributed by atoms with E-state index in [1.807, 2.05) is 6.07 Å². The first-order chi connectivity index (χ1) is 12.8. The lowest BCUT2D eigenvalue weighted by molar-refractivity contribution is 0.260. The summed E-state index contributed by atoms with van der Waals surface area (Å²) in [6.45, 7) is 9.56. The average Bonchev–Trinajstić information content (AvgIpc) is 3.21. The summed E-state index contributed by atoms with van der Waals surface area (Å²) in [5.41, 5.74) is 1.26. The fourth-order valence-electron chi connectivity index (χ4n) is 2.85. The largest absolute Gasteiger partial charge is 0.357 e. The fourth-order valence-corrected chi connectivity index (χ4v) is 3.51. The summed E-state index contributed by atoms with van der Waals surface area (Å²) >= 11 is 1.71. The summed E-state index contributed by atoms with van der Waals surface area (Å²) in [6.07, 6.45) is 3.60. The van der Waals surface area contributed by atoms with Gasteiger partial charge in [-0.2, -0.15) is 11.3 Å². The predicted molar refractivity (Wildman–Crippen MR) is 108 cm³/mol. The Labute approximate surface area is 159 Å². The van der Waals surface area contributed by atoms with E-state index >= 15 is 0 Å². The van der Waals surface area contributed by atoms with Crippen LogP contribution in [0.1, 0.15) is 12.5 Å². The van der Waals surface area contributed by atoms with Crippen molar-refractivity contribution in [2.24, 2.45) is 4.99 Å². The Morgan fingerprint density at radius 3 is 2.69 bits per heavy atom. The van der Waals surface area contributed by atoms with Gasteiger partial charge in [-0.15, -0.1) is 0 Å². The molecule has 7 nitrogen and oxygen atoms in total. The number of hydrogen-bond donors (Lipinski definition) is 2. The van der Waals surface area contributed by atoms with Gasteiger partial charge in [0.2, 0.25) is 5.95 Å². The van der Waals surface area contributed by atoms with E-state index in [1.54, 1.807) is 23.7 Å². The molecule has 3 rings (SSSR count). The Morgan fingerprint density at radius 1 is 1.19 bits per heavy atom. The summed E-state index contributed by atoms with van der Waals surface area (Å²) in [4.78, 5) is 18.0. The van der Waals surface area contributed by atoms with Gasteiger partial charge in [0.05, 0.1) is 6.54 Å². The molecule has 0 aliphatic carbocycles. The molecule has 0 bridgehead atoms. The van der Waals surface area contributed by atoms with Crippen LogP contribution in [0.4, 0.5) is 5.95 Å². The summed E-state index contributed by atoms with van der Waals surface area (Å²) in [5, 5.41) is 11.0. The van der Waals surface area contributed by atoms with Crippen molar-refractivity contribution in [2.75, 3.05) is 50.7 Å². The lowest BCUT2D eigenvalue weighted by atomic mass is 10.3. The Morgan fingerprint density at radius 2 is 2.00 bits per heavy atom. The molecule has 0 unspecified atom stereocenters. The summed E-state index contributed by atoms with van der Waals surface area (Å²) in [6, 6.07) is 3.97. The van der Waals surface area contributed by atoms with Crippen LogP contribution in [0.3, 0.4) is 0 Å². The number of aliphatic imine (C=N–C) groups is 1. The van der Waals surface area contributed by atoms with Gasteiger partial charge in [0.15, 0.2) is 5.96 Å². The lowest BCUT2D eigenvalue weighted by Crippen LogP contribution is -2.49. The monoisotopic (exact) mass is 373 g/mol. The van der Waals surface area contributed by atoms with Crippen LogP contribution in [0, 0.1) is 0 Å². The first kappa shape index (κ1) is 18.6. The highest BCUT2D eigenvalue weighted by Gasteiger charge is 2.18. The zero-order valence-corrected chi connectivity index (χ0v) is 16.1. The number of nitrogens with one attached hydrogen (secondary N) is 2. The van der Waals surface area contributed by atoms with Crippen LogP contribution in [0.2, 0.25) is 0 Å². The van der Waals surface area contributed by atoms with E-state index in [0.29, 0.717) is 6.54 Å². The molecule has 1 fully saturated rings. The zero-order chi connectivity index (χ0) is 18.0. The van der Waals surface area contributed by atoms with Gasteiger partial charge < -0.3 is 15.5 Å². The number of guanidine groups is 1. The van der Waals surface area contributed by atoms with E-state index < -0.39 is 0 Å². The minimum atomic E-state index is 0.717.